The molecule has 0 saturated heterocycles. The quantitative estimate of drug-likeness (QED) is 0.579. The summed E-state index contributed by atoms with van der Waals surface area (Å²) in [6.45, 7) is 4.33. The summed E-state index contributed by atoms with van der Waals surface area (Å²) in [6, 6.07) is 20.6. The first-order chi connectivity index (χ1) is 11.8. The number of nitrogens with one attached hydrogen (secondary N) is 2. The van der Waals surface area contributed by atoms with Crippen molar-refractivity contribution in [1.82, 2.24) is 10.6 Å². The third-order valence-corrected chi connectivity index (χ3v) is 3.76. The second-order valence-electron chi connectivity index (χ2n) is 5.52. The van der Waals surface area contributed by atoms with Gasteiger partial charge in [-0.2, -0.15) is 0 Å². The predicted octanol–water partition coefficient (Wildman–Crippen LogP) is 3.17. The van der Waals surface area contributed by atoms with Gasteiger partial charge in [0.15, 0.2) is 5.96 Å². The van der Waals surface area contributed by atoms with E-state index in [0.29, 0.717) is 6.54 Å². The minimum absolute atomic E-state index is 0.0317. The maximum atomic E-state index is 5.58. The molecule has 2 N–H and O–H groups in total. The molecule has 0 spiro atoms. The summed E-state index contributed by atoms with van der Waals surface area (Å²) in [5.41, 5.74) is 2.46. The summed E-state index contributed by atoms with van der Waals surface area (Å²) < 4.78 is 5.58. The summed E-state index contributed by atoms with van der Waals surface area (Å²) in [5, 5.41) is 6.67. The molecule has 0 radical (unpaired) electrons. The molecule has 0 aliphatic heterocycles. The highest BCUT2D eigenvalue weighted by Gasteiger charge is 2.09. The average Bonchev–Trinajstić information content (AvgIpc) is 2.64. The zero-order valence-electron chi connectivity index (χ0n) is 14.5. The van der Waals surface area contributed by atoms with Crippen LogP contribution in [0.1, 0.15) is 24.2 Å². The van der Waals surface area contributed by atoms with Gasteiger partial charge in [0.1, 0.15) is 6.10 Å². The Morgan fingerprint density at radius 3 is 2.29 bits per heavy atom. The highest BCUT2D eigenvalue weighted by molar-refractivity contribution is 5.79. The molecule has 0 amide bonds. The Balaban J connectivity index is 1.89. The summed E-state index contributed by atoms with van der Waals surface area (Å²) >= 11 is 0. The summed E-state index contributed by atoms with van der Waals surface area (Å²) in [7, 11) is 1.73. The van der Waals surface area contributed by atoms with Gasteiger partial charge in [-0.3, -0.25) is 4.99 Å². The molecule has 0 aliphatic carbocycles. The molecule has 0 aliphatic rings. The number of hydrogen-bond donors (Lipinski definition) is 2. The number of rotatable bonds is 8. The Morgan fingerprint density at radius 1 is 1.00 bits per heavy atom. The van der Waals surface area contributed by atoms with Crippen LogP contribution >= 0.6 is 0 Å². The lowest BCUT2D eigenvalue weighted by atomic mass is 10.1. The predicted molar refractivity (Wildman–Crippen MR) is 100 cm³/mol. The molecule has 2 aromatic rings. The van der Waals surface area contributed by atoms with Crippen LogP contribution in [-0.2, 0) is 11.2 Å². The SMILES string of the molecule is CCNC(=NCC(OC)c1ccccc1)NCCc1ccccc1. The van der Waals surface area contributed by atoms with Crippen LogP contribution in [0.5, 0.6) is 0 Å². The van der Waals surface area contributed by atoms with Gasteiger partial charge in [-0.25, -0.2) is 0 Å². The number of benzene rings is 2. The van der Waals surface area contributed by atoms with Crippen LogP contribution < -0.4 is 10.6 Å². The smallest absolute Gasteiger partial charge is 0.191 e. The molecule has 1 atom stereocenters. The average molecular weight is 325 g/mol. The molecule has 0 bridgehead atoms. The first-order valence-electron chi connectivity index (χ1n) is 8.47. The van der Waals surface area contributed by atoms with Gasteiger partial charge < -0.3 is 15.4 Å². The van der Waals surface area contributed by atoms with Gasteiger partial charge in [-0.1, -0.05) is 60.7 Å². The lowest BCUT2D eigenvalue weighted by molar-refractivity contribution is 0.111. The van der Waals surface area contributed by atoms with E-state index in [0.717, 1.165) is 31.0 Å². The monoisotopic (exact) mass is 325 g/mol. The van der Waals surface area contributed by atoms with Gasteiger partial charge in [-0.05, 0) is 24.5 Å². The molecule has 0 saturated carbocycles. The largest absolute Gasteiger partial charge is 0.375 e. The lowest BCUT2D eigenvalue weighted by Crippen LogP contribution is -2.38. The second kappa shape index (κ2) is 10.4. The third kappa shape index (κ3) is 6.05. The fourth-order valence-electron chi connectivity index (χ4n) is 2.47. The molecule has 2 aromatic carbocycles. The van der Waals surface area contributed by atoms with Crippen molar-refractivity contribution in [3.05, 3.63) is 71.8 Å². The van der Waals surface area contributed by atoms with Crippen LogP contribution in [0.25, 0.3) is 0 Å². The molecule has 0 heterocycles. The van der Waals surface area contributed by atoms with Crippen LogP contribution in [0.15, 0.2) is 65.7 Å². The van der Waals surface area contributed by atoms with Crippen molar-refractivity contribution in [2.75, 3.05) is 26.7 Å². The van der Waals surface area contributed by atoms with Crippen molar-refractivity contribution in [3.8, 4) is 0 Å². The van der Waals surface area contributed by atoms with Gasteiger partial charge in [0.05, 0.1) is 6.54 Å². The molecule has 128 valence electrons. The van der Waals surface area contributed by atoms with Crippen molar-refractivity contribution < 1.29 is 4.74 Å². The normalized spacial score (nSPS) is 12.7. The van der Waals surface area contributed by atoms with Gasteiger partial charge in [-0.15, -0.1) is 0 Å². The lowest BCUT2D eigenvalue weighted by Gasteiger charge is -2.16. The highest BCUT2D eigenvalue weighted by Crippen LogP contribution is 2.16. The van der Waals surface area contributed by atoms with Crippen LogP contribution in [0, 0.1) is 0 Å². The Bertz CT molecular complexity index is 599. The molecular formula is C20H27N3O. The fourth-order valence-corrected chi connectivity index (χ4v) is 2.47. The number of aliphatic imine (C=N–C) groups is 1. The zero-order chi connectivity index (χ0) is 17.0. The van der Waals surface area contributed by atoms with E-state index in [1.165, 1.54) is 5.56 Å². The number of nitrogens with zero attached hydrogens (tertiary/aromatic N) is 1. The molecular weight excluding hydrogens is 298 g/mol. The first-order valence-corrected chi connectivity index (χ1v) is 8.47. The maximum Gasteiger partial charge on any atom is 0.191 e. The number of hydrogen-bond acceptors (Lipinski definition) is 2. The Labute approximate surface area is 145 Å². The summed E-state index contributed by atoms with van der Waals surface area (Å²) in [6.07, 6.45) is 0.938. The van der Waals surface area contributed by atoms with Crippen molar-refractivity contribution in [2.24, 2.45) is 4.99 Å². The van der Waals surface area contributed by atoms with Gasteiger partial charge in [0.2, 0.25) is 0 Å². The van der Waals surface area contributed by atoms with Gasteiger partial charge >= 0.3 is 0 Å². The zero-order valence-corrected chi connectivity index (χ0v) is 14.5. The Kier molecular flexibility index (Phi) is 7.84. The maximum absolute atomic E-state index is 5.58. The van der Waals surface area contributed by atoms with E-state index in [4.69, 9.17) is 4.74 Å². The van der Waals surface area contributed by atoms with E-state index in [1.807, 2.05) is 24.3 Å². The van der Waals surface area contributed by atoms with Gasteiger partial charge in [0.25, 0.3) is 0 Å². The van der Waals surface area contributed by atoms with Crippen LogP contribution in [-0.4, -0.2) is 32.7 Å². The van der Waals surface area contributed by atoms with E-state index in [-0.39, 0.29) is 6.10 Å². The molecule has 0 fully saturated rings. The topological polar surface area (TPSA) is 45.7 Å². The first kappa shape index (κ1) is 18.0. The highest BCUT2D eigenvalue weighted by atomic mass is 16.5. The minimum atomic E-state index is -0.0317. The minimum Gasteiger partial charge on any atom is -0.375 e. The van der Waals surface area contributed by atoms with E-state index in [9.17, 15) is 0 Å². The van der Waals surface area contributed by atoms with Crippen molar-refractivity contribution in [1.29, 1.82) is 0 Å². The van der Waals surface area contributed by atoms with E-state index in [2.05, 4.69) is 58.9 Å². The number of ether oxygens (including phenoxy) is 1. The van der Waals surface area contributed by atoms with Crippen LogP contribution in [0.4, 0.5) is 0 Å². The standard InChI is InChI=1S/C20H27N3O/c1-3-21-20(22-15-14-17-10-6-4-7-11-17)23-16-19(24-2)18-12-8-5-9-13-18/h4-13,19H,3,14-16H2,1-2H3,(H2,21,22,23). The number of methoxy groups -OCH3 is 1. The van der Waals surface area contributed by atoms with Gasteiger partial charge in [0, 0.05) is 20.2 Å². The van der Waals surface area contributed by atoms with Crippen molar-refractivity contribution in [3.63, 3.8) is 0 Å². The molecule has 4 heteroatoms. The number of guanidine groups is 1. The Morgan fingerprint density at radius 2 is 1.67 bits per heavy atom. The fraction of sp³-hybridized carbons (Fsp3) is 0.350. The second-order valence-corrected chi connectivity index (χ2v) is 5.52. The van der Waals surface area contributed by atoms with Crippen LogP contribution in [0.2, 0.25) is 0 Å². The molecule has 1 unspecified atom stereocenters. The molecule has 2 rings (SSSR count). The molecule has 4 nitrogen and oxygen atoms in total. The molecule has 24 heavy (non-hydrogen) atoms. The third-order valence-electron chi connectivity index (χ3n) is 3.76. The van der Waals surface area contributed by atoms with Crippen molar-refractivity contribution in [2.45, 2.75) is 19.4 Å². The van der Waals surface area contributed by atoms with E-state index in [1.54, 1.807) is 7.11 Å². The van der Waals surface area contributed by atoms with E-state index < -0.39 is 0 Å². The summed E-state index contributed by atoms with van der Waals surface area (Å²) in [4.78, 5) is 4.66. The van der Waals surface area contributed by atoms with Crippen LogP contribution in [0.3, 0.4) is 0 Å². The van der Waals surface area contributed by atoms with Crippen molar-refractivity contribution >= 4 is 5.96 Å². The Hall–Kier alpha value is -2.33. The summed E-state index contributed by atoms with van der Waals surface area (Å²) in [5.74, 6) is 0.825. The van der Waals surface area contributed by atoms with E-state index >= 15 is 0 Å². The molecule has 0 aromatic heterocycles.